The van der Waals surface area contributed by atoms with E-state index in [9.17, 15) is 9.59 Å². The summed E-state index contributed by atoms with van der Waals surface area (Å²) in [6.07, 6.45) is 3.10. The van der Waals surface area contributed by atoms with Gasteiger partial charge < -0.3 is 23.8 Å². The summed E-state index contributed by atoms with van der Waals surface area (Å²) >= 11 is 0. The first-order chi connectivity index (χ1) is 15.6. The van der Waals surface area contributed by atoms with Crippen molar-refractivity contribution in [2.45, 2.75) is 19.4 Å². The lowest BCUT2D eigenvalue weighted by Crippen LogP contribution is -2.51. The number of nitrogens with zero attached hydrogens (tertiary/aromatic N) is 3. The number of benzene rings is 2. The van der Waals surface area contributed by atoms with Gasteiger partial charge in [-0.25, -0.2) is 0 Å². The predicted molar refractivity (Wildman–Crippen MR) is 123 cm³/mol. The molecule has 1 aliphatic rings. The minimum Gasteiger partial charge on any atom is -0.497 e. The van der Waals surface area contributed by atoms with Gasteiger partial charge in [0.05, 0.1) is 14.2 Å². The van der Waals surface area contributed by atoms with E-state index in [4.69, 9.17) is 9.47 Å². The molecule has 1 aliphatic heterocycles. The normalized spacial score (nSPS) is 13.9. The van der Waals surface area contributed by atoms with Crippen molar-refractivity contribution in [1.82, 2.24) is 14.4 Å². The van der Waals surface area contributed by atoms with E-state index in [0.717, 1.165) is 28.0 Å². The van der Waals surface area contributed by atoms with Gasteiger partial charge in [-0.2, -0.15) is 0 Å². The molecule has 0 spiro atoms. The van der Waals surface area contributed by atoms with E-state index in [2.05, 4.69) is 0 Å². The minimum absolute atomic E-state index is 0.0728. The molecule has 1 fully saturated rings. The number of hydrogen-bond donors (Lipinski definition) is 0. The third-order valence-electron chi connectivity index (χ3n) is 6.06. The number of carbonyl (C=O) groups is 2. The fourth-order valence-corrected chi connectivity index (χ4v) is 4.10. The SMILES string of the molecule is COc1ccc(CCC(=O)N2CCN(C(=O)Cn3ccc4cc(OC)ccc43)CC2)cc1. The van der Waals surface area contributed by atoms with Crippen LogP contribution in [-0.2, 0) is 22.6 Å². The third-order valence-corrected chi connectivity index (χ3v) is 6.06. The molecule has 0 atom stereocenters. The van der Waals surface area contributed by atoms with Crippen molar-refractivity contribution in [3.63, 3.8) is 0 Å². The lowest BCUT2D eigenvalue weighted by atomic mass is 10.1. The van der Waals surface area contributed by atoms with Crippen LogP contribution >= 0.6 is 0 Å². The van der Waals surface area contributed by atoms with Gasteiger partial charge >= 0.3 is 0 Å². The first-order valence-corrected chi connectivity index (χ1v) is 10.9. The molecule has 4 rings (SSSR count). The Morgan fingerprint density at radius 2 is 1.44 bits per heavy atom. The van der Waals surface area contributed by atoms with Gasteiger partial charge in [-0.15, -0.1) is 0 Å². The standard InChI is InChI=1S/C25H29N3O4/c1-31-21-6-3-19(4-7-21)5-10-24(29)26-13-15-27(16-14-26)25(30)18-28-12-11-20-17-22(32-2)8-9-23(20)28/h3-4,6-9,11-12,17H,5,10,13-16,18H2,1-2H3. The molecule has 2 amide bonds. The number of carbonyl (C=O) groups excluding carboxylic acids is 2. The molecular weight excluding hydrogens is 406 g/mol. The molecule has 1 saturated heterocycles. The minimum atomic E-state index is 0.0728. The van der Waals surface area contributed by atoms with E-state index in [1.54, 1.807) is 14.2 Å². The Bertz CT molecular complexity index is 1080. The van der Waals surface area contributed by atoms with Crippen LogP contribution in [0.25, 0.3) is 10.9 Å². The van der Waals surface area contributed by atoms with Crippen molar-refractivity contribution in [3.8, 4) is 11.5 Å². The number of fused-ring (bicyclic) bond motifs is 1. The summed E-state index contributed by atoms with van der Waals surface area (Å²) in [6.45, 7) is 2.59. The van der Waals surface area contributed by atoms with Crippen LogP contribution in [0.15, 0.2) is 54.7 Å². The van der Waals surface area contributed by atoms with Crippen LogP contribution in [0.4, 0.5) is 0 Å². The smallest absolute Gasteiger partial charge is 0.242 e. The number of methoxy groups -OCH3 is 2. The van der Waals surface area contributed by atoms with E-state index >= 15 is 0 Å². The summed E-state index contributed by atoms with van der Waals surface area (Å²) in [4.78, 5) is 29.2. The maximum absolute atomic E-state index is 12.8. The molecule has 2 heterocycles. The average Bonchev–Trinajstić information content (AvgIpc) is 3.24. The third kappa shape index (κ3) is 4.88. The highest BCUT2D eigenvalue weighted by Gasteiger charge is 2.24. The maximum atomic E-state index is 12.8. The fraction of sp³-hybridized carbons (Fsp3) is 0.360. The topological polar surface area (TPSA) is 64.0 Å². The second kappa shape index (κ2) is 9.77. The van der Waals surface area contributed by atoms with Gasteiger partial charge in [0.15, 0.2) is 0 Å². The summed E-state index contributed by atoms with van der Waals surface area (Å²) in [5, 5.41) is 1.05. The molecule has 2 aromatic carbocycles. The van der Waals surface area contributed by atoms with Gasteiger partial charge in [0, 0.05) is 49.7 Å². The van der Waals surface area contributed by atoms with Crippen molar-refractivity contribution in [1.29, 1.82) is 0 Å². The highest BCUT2D eigenvalue weighted by atomic mass is 16.5. The molecule has 0 N–H and O–H groups in total. The molecule has 0 saturated carbocycles. The summed E-state index contributed by atoms with van der Waals surface area (Å²) in [6, 6.07) is 15.6. The molecule has 3 aromatic rings. The molecule has 7 heteroatoms. The number of amides is 2. The van der Waals surface area contributed by atoms with Crippen molar-refractivity contribution in [2.24, 2.45) is 0 Å². The summed E-state index contributed by atoms with van der Waals surface area (Å²) in [5.41, 5.74) is 2.12. The van der Waals surface area contributed by atoms with Crippen LogP contribution in [-0.4, -0.2) is 66.6 Å². The number of rotatable bonds is 7. The Balaban J connectivity index is 1.26. The summed E-state index contributed by atoms with van der Waals surface area (Å²) in [7, 11) is 3.28. The van der Waals surface area contributed by atoms with Crippen molar-refractivity contribution < 1.29 is 19.1 Å². The first-order valence-electron chi connectivity index (χ1n) is 10.9. The van der Waals surface area contributed by atoms with Crippen molar-refractivity contribution in [3.05, 3.63) is 60.3 Å². The number of hydrogen-bond acceptors (Lipinski definition) is 4. The monoisotopic (exact) mass is 435 g/mol. The van der Waals surface area contributed by atoms with E-state index in [-0.39, 0.29) is 11.8 Å². The largest absolute Gasteiger partial charge is 0.497 e. The fourth-order valence-electron chi connectivity index (χ4n) is 4.10. The molecule has 7 nitrogen and oxygen atoms in total. The summed E-state index contributed by atoms with van der Waals surface area (Å²) < 4.78 is 12.4. The Morgan fingerprint density at radius 1 is 0.812 bits per heavy atom. The van der Waals surface area contributed by atoms with Gasteiger partial charge in [0.2, 0.25) is 11.8 Å². The number of aromatic nitrogens is 1. The molecule has 0 radical (unpaired) electrons. The summed E-state index contributed by atoms with van der Waals surface area (Å²) in [5.74, 6) is 1.82. The van der Waals surface area contributed by atoms with Gasteiger partial charge in [0.25, 0.3) is 0 Å². The Hall–Kier alpha value is -3.48. The number of ether oxygens (including phenoxy) is 2. The molecule has 0 bridgehead atoms. The van der Waals surface area contributed by atoms with Gasteiger partial charge in [-0.05, 0) is 48.4 Å². The average molecular weight is 436 g/mol. The van der Waals surface area contributed by atoms with Gasteiger partial charge in [-0.1, -0.05) is 12.1 Å². The molecular formula is C25H29N3O4. The maximum Gasteiger partial charge on any atom is 0.242 e. The number of aryl methyl sites for hydroxylation is 1. The molecule has 32 heavy (non-hydrogen) atoms. The van der Waals surface area contributed by atoms with Crippen molar-refractivity contribution >= 4 is 22.7 Å². The zero-order chi connectivity index (χ0) is 22.5. The lowest BCUT2D eigenvalue weighted by molar-refractivity contribution is -0.139. The highest BCUT2D eigenvalue weighted by molar-refractivity contribution is 5.84. The lowest BCUT2D eigenvalue weighted by Gasteiger charge is -2.35. The Labute approximate surface area is 188 Å². The predicted octanol–water partition coefficient (Wildman–Crippen LogP) is 2.96. The van der Waals surface area contributed by atoms with Crippen LogP contribution < -0.4 is 9.47 Å². The van der Waals surface area contributed by atoms with E-state index in [1.807, 2.05) is 69.1 Å². The number of piperazine rings is 1. The molecule has 1 aromatic heterocycles. The molecule has 0 unspecified atom stereocenters. The Kier molecular flexibility index (Phi) is 6.63. The van der Waals surface area contributed by atoms with Crippen LogP contribution in [0, 0.1) is 0 Å². The van der Waals surface area contributed by atoms with Crippen molar-refractivity contribution in [2.75, 3.05) is 40.4 Å². The first kappa shape index (κ1) is 21.7. The highest BCUT2D eigenvalue weighted by Crippen LogP contribution is 2.22. The Morgan fingerprint density at radius 3 is 2.09 bits per heavy atom. The molecule has 0 aliphatic carbocycles. The second-order valence-electron chi connectivity index (χ2n) is 7.98. The quantitative estimate of drug-likeness (QED) is 0.572. The van der Waals surface area contributed by atoms with E-state index < -0.39 is 0 Å². The van der Waals surface area contributed by atoms with E-state index in [1.165, 1.54) is 0 Å². The van der Waals surface area contributed by atoms with Crippen LogP contribution in [0.1, 0.15) is 12.0 Å². The zero-order valence-electron chi connectivity index (χ0n) is 18.6. The van der Waals surface area contributed by atoms with E-state index in [0.29, 0.717) is 45.6 Å². The van der Waals surface area contributed by atoms with Gasteiger partial charge in [-0.3, -0.25) is 9.59 Å². The van der Waals surface area contributed by atoms with Crippen LogP contribution in [0.5, 0.6) is 11.5 Å². The van der Waals surface area contributed by atoms with Crippen LogP contribution in [0.3, 0.4) is 0 Å². The zero-order valence-corrected chi connectivity index (χ0v) is 18.6. The van der Waals surface area contributed by atoms with Crippen LogP contribution in [0.2, 0.25) is 0 Å². The van der Waals surface area contributed by atoms with Gasteiger partial charge in [0.1, 0.15) is 18.0 Å². The molecule has 168 valence electrons. The second-order valence-corrected chi connectivity index (χ2v) is 7.98.